The molecule has 6 heteroatoms. The van der Waals surface area contributed by atoms with Crippen LogP contribution in [-0.2, 0) is 0 Å². The standard InChI is InChI=1S/C15H20N4OS/c1-6-19(5)9-16-13-7-11(3)14(8-10(13)2)20-15-17-12(4)18-21-15/h7-9H,6H2,1-5H3/b16-9+. The second kappa shape index (κ2) is 6.67. The Labute approximate surface area is 129 Å². The van der Waals surface area contributed by atoms with Gasteiger partial charge in [-0.1, -0.05) is 0 Å². The molecule has 5 nitrogen and oxygen atoms in total. The topological polar surface area (TPSA) is 50.6 Å². The summed E-state index contributed by atoms with van der Waals surface area (Å²) in [6, 6.07) is 4.02. The van der Waals surface area contributed by atoms with Gasteiger partial charge in [-0.05, 0) is 51.0 Å². The molecule has 0 amide bonds. The SMILES string of the molecule is CCN(C)/C=N/c1cc(C)c(Oc2nc(C)ns2)cc1C. The van der Waals surface area contributed by atoms with Crippen molar-refractivity contribution in [3.05, 3.63) is 29.1 Å². The predicted octanol–water partition coefficient (Wildman–Crippen LogP) is 3.87. The van der Waals surface area contributed by atoms with Crippen LogP contribution < -0.4 is 4.74 Å². The second-order valence-electron chi connectivity index (χ2n) is 4.93. The Morgan fingerprint density at radius 2 is 2.05 bits per heavy atom. The maximum atomic E-state index is 5.80. The number of aliphatic imine (C=N–C) groups is 1. The minimum atomic E-state index is 0.567. The lowest BCUT2D eigenvalue weighted by Gasteiger charge is -2.11. The van der Waals surface area contributed by atoms with Gasteiger partial charge < -0.3 is 9.64 Å². The van der Waals surface area contributed by atoms with Crippen molar-refractivity contribution in [1.82, 2.24) is 14.3 Å². The van der Waals surface area contributed by atoms with Crippen LogP contribution in [0.5, 0.6) is 10.9 Å². The van der Waals surface area contributed by atoms with Crippen LogP contribution in [0.15, 0.2) is 17.1 Å². The van der Waals surface area contributed by atoms with Crippen LogP contribution in [0.1, 0.15) is 23.9 Å². The highest BCUT2D eigenvalue weighted by Gasteiger charge is 2.09. The average molecular weight is 304 g/mol. The van der Waals surface area contributed by atoms with Gasteiger partial charge in [-0.15, -0.1) is 0 Å². The molecule has 0 spiro atoms. The monoisotopic (exact) mass is 304 g/mol. The summed E-state index contributed by atoms with van der Waals surface area (Å²) in [5.74, 6) is 1.53. The predicted molar refractivity (Wildman–Crippen MR) is 87.1 cm³/mol. The number of hydrogen-bond acceptors (Lipinski definition) is 5. The van der Waals surface area contributed by atoms with E-state index in [-0.39, 0.29) is 0 Å². The molecular formula is C15H20N4OS. The van der Waals surface area contributed by atoms with Crippen LogP contribution >= 0.6 is 11.5 Å². The smallest absolute Gasteiger partial charge is 0.298 e. The van der Waals surface area contributed by atoms with E-state index >= 15 is 0 Å². The molecule has 2 rings (SSSR count). The molecule has 0 aliphatic carbocycles. The summed E-state index contributed by atoms with van der Waals surface area (Å²) in [6.45, 7) is 8.90. The quantitative estimate of drug-likeness (QED) is 0.621. The van der Waals surface area contributed by atoms with Crippen LogP contribution in [0.4, 0.5) is 5.69 Å². The molecule has 2 aromatic rings. The molecule has 0 saturated carbocycles. The fourth-order valence-corrected chi connectivity index (χ4v) is 2.23. The van der Waals surface area contributed by atoms with E-state index in [9.17, 15) is 0 Å². The van der Waals surface area contributed by atoms with Crippen molar-refractivity contribution >= 4 is 23.6 Å². The minimum Gasteiger partial charge on any atom is -0.430 e. The fourth-order valence-electron chi connectivity index (χ4n) is 1.68. The lowest BCUT2D eigenvalue weighted by Crippen LogP contribution is -2.14. The summed E-state index contributed by atoms with van der Waals surface area (Å²) >= 11 is 1.26. The Hall–Kier alpha value is -1.95. The third-order valence-corrected chi connectivity index (χ3v) is 3.78. The number of rotatable bonds is 5. The van der Waals surface area contributed by atoms with Crippen molar-refractivity contribution in [3.63, 3.8) is 0 Å². The van der Waals surface area contributed by atoms with Crippen LogP contribution in [0.2, 0.25) is 0 Å². The first kappa shape index (κ1) is 15.4. The molecule has 0 aliphatic heterocycles. The van der Waals surface area contributed by atoms with Gasteiger partial charge >= 0.3 is 0 Å². The van der Waals surface area contributed by atoms with Gasteiger partial charge in [-0.2, -0.15) is 9.36 Å². The van der Waals surface area contributed by atoms with Crippen molar-refractivity contribution in [3.8, 4) is 10.9 Å². The van der Waals surface area contributed by atoms with Gasteiger partial charge in [-0.25, -0.2) is 4.99 Å². The summed E-state index contributed by atoms with van der Waals surface area (Å²) in [4.78, 5) is 10.8. The molecule has 0 unspecified atom stereocenters. The van der Waals surface area contributed by atoms with E-state index in [0.29, 0.717) is 5.19 Å². The lowest BCUT2D eigenvalue weighted by molar-refractivity contribution is 0.474. The van der Waals surface area contributed by atoms with Gasteiger partial charge in [0.15, 0.2) is 0 Å². The van der Waals surface area contributed by atoms with E-state index in [1.807, 2.05) is 51.2 Å². The van der Waals surface area contributed by atoms with Crippen molar-refractivity contribution < 1.29 is 4.74 Å². The van der Waals surface area contributed by atoms with Crippen LogP contribution in [0.3, 0.4) is 0 Å². The van der Waals surface area contributed by atoms with Crippen LogP contribution in [0, 0.1) is 20.8 Å². The highest BCUT2D eigenvalue weighted by Crippen LogP contribution is 2.31. The zero-order valence-corrected chi connectivity index (χ0v) is 13.9. The summed E-state index contributed by atoms with van der Waals surface area (Å²) in [7, 11) is 2.00. The first-order valence-corrected chi connectivity index (χ1v) is 7.60. The third kappa shape index (κ3) is 4.01. The van der Waals surface area contributed by atoms with Gasteiger partial charge in [0.05, 0.1) is 12.0 Å². The summed E-state index contributed by atoms with van der Waals surface area (Å²) in [5.41, 5.74) is 3.05. The first-order chi connectivity index (χ1) is 9.99. The molecular weight excluding hydrogens is 284 g/mol. The van der Waals surface area contributed by atoms with Gasteiger partial charge in [0.2, 0.25) is 0 Å². The number of benzene rings is 1. The Bertz CT molecular complexity index is 651. The normalized spacial score (nSPS) is 11.1. The van der Waals surface area contributed by atoms with E-state index < -0.39 is 0 Å². The lowest BCUT2D eigenvalue weighted by atomic mass is 10.1. The molecule has 0 N–H and O–H groups in total. The fraction of sp³-hybridized carbons (Fsp3) is 0.400. The van der Waals surface area contributed by atoms with E-state index in [4.69, 9.17) is 4.74 Å². The molecule has 112 valence electrons. The summed E-state index contributed by atoms with van der Waals surface area (Å²) in [6.07, 6.45) is 1.84. The Balaban J connectivity index is 2.22. The van der Waals surface area contributed by atoms with Crippen LogP contribution in [-0.4, -0.2) is 34.2 Å². The molecule has 1 aromatic carbocycles. The first-order valence-electron chi connectivity index (χ1n) is 6.83. The van der Waals surface area contributed by atoms with Crippen molar-refractivity contribution in [1.29, 1.82) is 0 Å². The van der Waals surface area contributed by atoms with Gasteiger partial charge in [0.1, 0.15) is 11.6 Å². The highest BCUT2D eigenvalue weighted by molar-refractivity contribution is 7.07. The molecule has 0 fully saturated rings. The van der Waals surface area contributed by atoms with Gasteiger partial charge in [0, 0.05) is 25.1 Å². The summed E-state index contributed by atoms with van der Waals surface area (Å²) in [5, 5.41) is 0.567. The largest absolute Gasteiger partial charge is 0.430 e. The zero-order valence-electron chi connectivity index (χ0n) is 13.0. The Morgan fingerprint density at radius 3 is 2.67 bits per heavy atom. The Kier molecular flexibility index (Phi) is 4.90. The van der Waals surface area contributed by atoms with Gasteiger partial charge in [0.25, 0.3) is 5.19 Å². The van der Waals surface area contributed by atoms with E-state index in [1.54, 1.807) is 0 Å². The molecule has 1 heterocycles. The molecule has 21 heavy (non-hydrogen) atoms. The second-order valence-corrected chi connectivity index (χ2v) is 5.65. The van der Waals surface area contributed by atoms with E-state index in [2.05, 4.69) is 21.3 Å². The minimum absolute atomic E-state index is 0.567. The molecule has 0 aliphatic rings. The average Bonchev–Trinajstić information content (AvgIpc) is 2.86. The van der Waals surface area contributed by atoms with Crippen molar-refractivity contribution in [2.75, 3.05) is 13.6 Å². The number of aryl methyl sites for hydroxylation is 3. The van der Waals surface area contributed by atoms with Crippen molar-refractivity contribution in [2.45, 2.75) is 27.7 Å². The highest BCUT2D eigenvalue weighted by atomic mass is 32.1. The van der Waals surface area contributed by atoms with Crippen molar-refractivity contribution in [2.24, 2.45) is 4.99 Å². The molecule has 0 atom stereocenters. The molecule has 0 bridgehead atoms. The molecule has 0 radical (unpaired) electrons. The number of aromatic nitrogens is 2. The van der Waals surface area contributed by atoms with E-state index in [1.165, 1.54) is 11.5 Å². The molecule has 1 aromatic heterocycles. The summed E-state index contributed by atoms with van der Waals surface area (Å²) < 4.78 is 9.91. The number of ether oxygens (including phenoxy) is 1. The zero-order chi connectivity index (χ0) is 15.4. The maximum Gasteiger partial charge on any atom is 0.298 e. The van der Waals surface area contributed by atoms with E-state index in [0.717, 1.165) is 34.9 Å². The number of nitrogens with zero attached hydrogens (tertiary/aromatic N) is 4. The Morgan fingerprint density at radius 1 is 1.29 bits per heavy atom. The number of hydrogen-bond donors (Lipinski definition) is 0. The van der Waals surface area contributed by atoms with Crippen LogP contribution in [0.25, 0.3) is 0 Å². The van der Waals surface area contributed by atoms with Gasteiger partial charge in [-0.3, -0.25) is 0 Å². The molecule has 0 saturated heterocycles. The third-order valence-electron chi connectivity index (χ3n) is 3.09. The maximum absolute atomic E-state index is 5.80.